The summed E-state index contributed by atoms with van der Waals surface area (Å²) < 4.78 is 25.8. The molecular weight excluding hydrogens is 244 g/mol. The summed E-state index contributed by atoms with van der Waals surface area (Å²) in [6, 6.07) is 13.2. The highest BCUT2D eigenvalue weighted by Crippen LogP contribution is 2.13. The average molecular weight is 261 g/mol. The maximum absolute atomic E-state index is 13.1. The third kappa shape index (κ3) is 4.14. The van der Waals surface area contributed by atoms with Crippen LogP contribution in [0.5, 0.6) is 0 Å². The van der Waals surface area contributed by atoms with Gasteiger partial charge in [0.15, 0.2) is 0 Å². The number of halogens is 2. The molecule has 0 saturated heterocycles. The van der Waals surface area contributed by atoms with Gasteiger partial charge in [0.2, 0.25) is 0 Å². The first-order valence-electron chi connectivity index (χ1n) is 6.38. The fourth-order valence-electron chi connectivity index (χ4n) is 1.98. The predicted molar refractivity (Wildman–Crippen MR) is 72.9 cm³/mol. The molecule has 0 aromatic heterocycles. The van der Waals surface area contributed by atoms with E-state index in [1.54, 1.807) is 18.2 Å². The van der Waals surface area contributed by atoms with Crippen molar-refractivity contribution in [3.05, 3.63) is 71.3 Å². The van der Waals surface area contributed by atoms with E-state index < -0.39 is 0 Å². The first-order valence-corrected chi connectivity index (χ1v) is 6.38. The van der Waals surface area contributed by atoms with E-state index in [2.05, 4.69) is 5.32 Å². The quantitative estimate of drug-likeness (QED) is 0.861. The molecule has 0 saturated carbocycles. The molecule has 0 fully saturated rings. The van der Waals surface area contributed by atoms with Gasteiger partial charge in [-0.25, -0.2) is 8.78 Å². The predicted octanol–water partition coefficient (Wildman–Crippen LogP) is 3.86. The Balaban J connectivity index is 1.84. The third-order valence-corrected chi connectivity index (χ3v) is 3.13. The van der Waals surface area contributed by atoms with Gasteiger partial charge in [-0.1, -0.05) is 24.3 Å². The molecule has 0 spiro atoms. The molecule has 0 bridgehead atoms. The maximum Gasteiger partial charge on any atom is 0.123 e. The van der Waals surface area contributed by atoms with Gasteiger partial charge < -0.3 is 5.32 Å². The Bertz CT molecular complexity index is 523. The molecule has 0 heterocycles. The van der Waals surface area contributed by atoms with Crippen molar-refractivity contribution in [1.29, 1.82) is 0 Å². The van der Waals surface area contributed by atoms with Gasteiger partial charge in [-0.15, -0.1) is 0 Å². The molecule has 0 aliphatic rings. The van der Waals surface area contributed by atoms with E-state index in [4.69, 9.17) is 0 Å². The second-order valence-corrected chi connectivity index (χ2v) is 4.61. The molecule has 100 valence electrons. The Labute approximate surface area is 112 Å². The van der Waals surface area contributed by atoms with Crippen LogP contribution in [0.25, 0.3) is 0 Å². The molecule has 3 heteroatoms. The average Bonchev–Trinajstić information content (AvgIpc) is 2.41. The summed E-state index contributed by atoms with van der Waals surface area (Å²) in [6.07, 6.45) is 0.819. The number of benzene rings is 2. The van der Waals surface area contributed by atoms with E-state index in [0.717, 1.165) is 24.1 Å². The van der Waals surface area contributed by atoms with Crippen molar-refractivity contribution >= 4 is 0 Å². The van der Waals surface area contributed by atoms with Gasteiger partial charge in [-0.2, -0.15) is 0 Å². The minimum absolute atomic E-state index is 0.0937. The summed E-state index contributed by atoms with van der Waals surface area (Å²) in [6.45, 7) is 2.77. The second-order valence-electron chi connectivity index (χ2n) is 4.61. The third-order valence-electron chi connectivity index (χ3n) is 3.13. The van der Waals surface area contributed by atoms with Gasteiger partial charge in [0.1, 0.15) is 11.6 Å². The van der Waals surface area contributed by atoms with E-state index in [0.29, 0.717) is 0 Å². The molecule has 0 amide bonds. The molecule has 1 unspecified atom stereocenters. The van der Waals surface area contributed by atoms with Gasteiger partial charge in [0.25, 0.3) is 0 Å². The largest absolute Gasteiger partial charge is 0.310 e. The van der Waals surface area contributed by atoms with Crippen LogP contribution in [0.1, 0.15) is 24.1 Å². The molecule has 0 aliphatic carbocycles. The van der Waals surface area contributed by atoms with Crippen LogP contribution in [-0.2, 0) is 6.42 Å². The summed E-state index contributed by atoms with van der Waals surface area (Å²) in [4.78, 5) is 0. The summed E-state index contributed by atoms with van der Waals surface area (Å²) in [7, 11) is 0. The Morgan fingerprint density at radius 3 is 2.42 bits per heavy atom. The highest BCUT2D eigenvalue weighted by Gasteiger charge is 2.05. The first kappa shape index (κ1) is 13.7. The normalized spacial score (nSPS) is 12.4. The monoisotopic (exact) mass is 261 g/mol. The molecule has 2 aromatic rings. The van der Waals surface area contributed by atoms with Crippen molar-refractivity contribution in [2.45, 2.75) is 19.4 Å². The van der Waals surface area contributed by atoms with Gasteiger partial charge in [0.05, 0.1) is 0 Å². The van der Waals surface area contributed by atoms with Crippen molar-refractivity contribution in [2.24, 2.45) is 0 Å². The van der Waals surface area contributed by atoms with Crippen LogP contribution in [-0.4, -0.2) is 6.54 Å². The van der Waals surface area contributed by atoms with Crippen LogP contribution in [0.2, 0.25) is 0 Å². The molecule has 19 heavy (non-hydrogen) atoms. The number of hydrogen-bond acceptors (Lipinski definition) is 1. The molecule has 1 atom stereocenters. The topological polar surface area (TPSA) is 12.0 Å². The SMILES string of the molecule is CC(NCCc1ccc(F)cc1)c1cccc(F)c1. The molecule has 2 aromatic carbocycles. The van der Waals surface area contributed by atoms with Crippen molar-refractivity contribution in [3.63, 3.8) is 0 Å². The van der Waals surface area contributed by atoms with Crippen LogP contribution in [0.4, 0.5) is 8.78 Å². The highest BCUT2D eigenvalue weighted by molar-refractivity contribution is 5.20. The van der Waals surface area contributed by atoms with E-state index in [1.807, 2.05) is 13.0 Å². The summed E-state index contributed by atoms with van der Waals surface area (Å²) in [5.74, 6) is -0.436. The lowest BCUT2D eigenvalue weighted by atomic mass is 10.1. The van der Waals surface area contributed by atoms with Crippen LogP contribution in [0.15, 0.2) is 48.5 Å². The maximum atomic E-state index is 13.1. The van der Waals surface area contributed by atoms with Crippen molar-refractivity contribution in [1.82, 2.24) is 5.32 Å². The lowest BCUT2D eigenvalue weighted by Crippen LogP contribution is -2.21. The molecule has 2 rings (SSSR count). The Morgan fingerprint density at radius 1 is 1.00 bits per heavy atom. The Kier molecular flexibility index (Phi) is 4.63. The van der Waals surface area contributed by atoms with Crippen LogP contribution >= 0.6 is 0 Å². The van der Waals surface area contributed by atoms with Gasteiger partial charge >= 0.3 is 0 Å². The Hall–Kier alpha value is -1.74. The highest BCUT2D eigenvalue weighted by atomic mass is 19.1. The van der Waals surface area contributed by atoms with Gasteiger partial charge in [0, 0.05) is 6.04 Å². The standard InChI is InChI=1S/C16H17F2N/c1-12(14-3-2-4-16(18)11-14)19-10-9-13-5-7-15(17)8-6-13/h2-8,11-12,19H,9-10H2,1H3. The number of hydrogen-bond donors (Lipinski definition) is 1. The lowest BCUT2D eigenvalue weighted by molar-refractivity contribution is 0.566. The van der Waals surface area contributed by atoms with Crippen molar-refractivity contribution in [2.75, 3.05) is 6.54 Å². The van der Waals surface area contributed by atoms with Gasteiger partial charge in [-0.3, -0.25) is 0 Å². The number of rotatable bonds is 5. The minimum atomic E-state index is -0.218. The molecule has 1 nitrogen and oxygen atoms in total. The molecule has 1 N–H and O–H groups in total. The fourth-order valence-corrected chi connectivity index (χ4v) is 1.98. The zero-order valence-electron chi connectivity index (χ0n) is 10.9. The molecule has 0 aliphatic heterocycles. The summed E-state index contributed by atoms with van der Waals surface area (Å²) in [5, 5.41) is 3.33. The van der Waals surface area contributed by atoms with Gasteiger partial charge in [-0.05, 0) is 55.3 Å². The fraction of sp³-hybridized carbons (Fsp3) is 0.250. The summed E-state index contributed by atoms with van der Waals surface area (Å²) >= 11 is 0. The van der Waals surface area contributed by atoms with E-state index >= 15 is 0 Å². The minimum Gasteiger partial charge on any atom is -0.310 e. The first-order chi connectivity index (χ1) is 9.15. The molecular formula is C16H17F2N. The van der Waals surface area contributed by atoms with Crippen LogP contribution < -0.4 is 5.32 Å². The lowest BCUT2D eigenvalue weighted by Gasteiger charge is -2.14. The summed E-state index contributed by atoms with van der Waals surface area (Å²) in [5.41, 5.74) is 2.01. The zero-order valence-corrected chi connectivity index (χ0v) is 10.9. The van der Waals surface area contributed by atoms with E-state index in [9.17, 15) is 8.78 Å². The smallest absolute Gasteiger partial charge is 0.123 e. The number of nitrogens with one attached hydrogen (secondary N) is 1. The van der Waals surface area contributed by atoms with E-state index in [1.165, 1.54) is 24.3 Å². The zero-order chi connectivity index (χ0) is 13.7. The van der Waals surface area contributed by atoms with Crippen molar-refractivity contribution in [3.8, 4) is 0 Å². The molecule has 0 radical (unpaired) electrons. The second kappa shape index (κ2) is 6.43. The van der Waals surface area contributed by atoms with Crippen LogP contribution in [0.3, 0.4) is 0 Å². The van der Waals surface area contributed by atoms with E-state index in [-0.39, 0.29) is 17.7 Å². The van der Waals surface area contributed by atoms with Crippen LogP contribution in [0, 0.1) is 11.6 Å². The van der Waals surface area contributed by atoms with Crippen molar-refractivity contribution < 1.29 is 8.78 Å². The Morgan fingerprint density at radius 2 is 1.74 bits per heavy atom.